The van der Waals surface area contributed by atoms with Crippen molar-refractivity contribution in [1.29, 1.82) is 0 Å². The van der Waals surface area contributed by atoms with Crippen molar-refractivity contribution >= 4 is 11.9 Å². The zero-order valence-electron chi connectivity index (χ0n) is 14.2. The molecule has 0 aromatic rings. The van der Waals surface area contributed by atoms with Crippen molar-refractivity contribution in [3.05, 3.63) is 0 Å². The highest BCUT2D eigenvalue weighted by molar-refractivity contribution is 5.76. The molecule has 8 heteroatoms. The average molecular weight is 327 g/mol. The molecular weight excluding hydrogens is 298 g/mol. The lowest BCUT2D eigenvalue weighted by atomic mass is 10.2. The number of carbonyl (C=O) groups excluding carboxylic acids is 2. The Bertz CT molecular complexity index is 420. The Balaban J connectivity index is 1.73. The zero-order valence-corrected chi connectivity index (χ0v) is 14.2. The summed E-state index contributed by atoms with van der Waals surface area (Å²) in [5, 5.41) is 3.03. The van der Waals surface area contributed by atoms with E-state index < -0.39 is 0 Å². The number of urea groups is 1. The molecule has 2 heterocycles. The number of carbonyl (C=O) groups is 2. The van der Waals surface area contributed by atoms with E-state index in [1.54, 1.807) is 4.90 Å². The standard InChI is InChI=1S/C15H29N5O3/c1-18(11-14(16)21)9-13-10-20(6-7-23-13)15(22)17-8-12-4-3-5-19(12)2/h12-13H,3-11H2,1-2H3,(H2,16,21)(H,17,22). The minimum atomic E-state index is -0.362. The third-order valence-electron chi connectivity index (χ3n) is 4.53. The molecule has 3 N–H and O–H groups in total. The first-order valence-electron chi connectivity index (χ1n) is 8.27. The van der Waals surface area contributed by atoms with Gasteiger partial charge in [0, 0.05) is 32.2 Å². The molecule has 0 aromatic carbocycles. The van der Waals surface area contributed by atoms with Gasteiger partial charge in [-0.15, -0.1) is 0 Å². The van der Waals surface area contributed by atoms with Crippen molar-refractivity contribution in [2.24, 2.45) is 5.73 Å². The van der Waals surface area contributed by atoms with E-state index in [9.17, 15) is 9.59 Å². The maximum atomic E-state index is 12.3. The van der Waals surface area contributed by atoms with Gasteiger partial charge in [-0.1, -0.05) is 0 Å². The minimum Gasteiger partial charge on any atom is -0.373 e. The predicted octanol–water partition coefficient (Wildman–Crippen LogP) is -1.09. The number of amides is 3. The van der Waals surface area contributed by atoms with E-state index in [1.807, 2.05) is 11.9 Å². The summed E-state index contributed by atoms with van der Waals surface area (Å²) in [7, 11) is 3.92. The van der Waals surface area contributed by atoms with Crippen LogP contribution in [0.5, 0.6) is 0 Å². The lowest BCUT2D eigenvalue weighted by molar-refractivity contribution is -0.119. The van der Waals surface area contributed by atoms with E-state index >= 15 is 0 Å². The van der Waals surface area contributed by atoms with Crippen LogP contribution in [0.1, 0.15) is 12.8 Å². The molecule has 0 bridgehead atoms. The Labute approximate surface area is 137 Å². The molecule has 0 saturated carbocycles. The summed E-state index contributed by atoms with van der Waals surface area (Å²) in [6.07, 6.45) is 2.25. The smallest absolute Gasteiger partial charge is 0.317 e. The first kappa shape index (κ1) is 18.0. The molecular formula is C15H29N5O3. The Morgan fingerprint density at radius 3 is 2.83 bits per heavy atom. The first-order valence-corrected chi connectivity index (χ1v) is 8.27. The Morgan fingerprint density at radius 2 is 2.17 bits per heavy atom. The molecule has 2 saturated heterocycles. The number of likely N-dealkylation sites (N-methyl/N-ethyl adjacent to an activating group) is 2. The number of nitrogens with zero attached hydrogens (tertiary/aromatic N) is 3. The van der Waals surface area contributed by atoms with Crippen molar-refractivity contribution in [2.75, 3.05) is 60.0 Å². The van der Waals surface area contributed by atoms with Gasteiger partial charge in [-0.25, -0.2) is 4.79 Å². The molecule has 132 valence electrons. The van der Waals surface area contributed by atoms with Gasteiger partial charge in [-0.3, -0.25) is 9.69 Å². The quantitative estimate of drug-likeness (QED) is 0.647. The summed E-state index contributed by atoms with van der Waals surface area (Å²) in [5.74, 6) is -0.362. The Morgan fingerprint density at radius 1 is 1.39 bits per heavy atom. The van der Waals surface area contributed by atoms with Crippen molar-refractivity contribution in [1.82, 2.24) is 20.0 Å². The largest absolute Gasteiger partial charge is 0.373 e. The second-order valence-electron chi connectivity index (χ2n) is 6.56. The van der Waals surface area contributed by atoms with Crippen LogP contribution in [0.15, 0.2) is 0 Å². The highest BCUT2D eigenvalue weighted by Crippen LogP contribution is 2.14. The number of likely N-dealkylation sites (tertiary alicyclic amines) is 1. The van der Waals surface area contributed by atoms with Gasteiger partial charge in [0.1, 0.15) is 0 Å². The lowest BCUT2D eigenvalue weighted by Gasteiger charge is -2.35. The number of hydrogen-bond acceptors (Lipinski definition) is 5. The van der Waals surface area contributed by atoms with Gasteiger partial charge in [0.05, 0.1) is 19.3 Å². The fourth-order valence-electron chi connectivity index (χ4n) is 3.25. The van der Waals surface area contributed by atoms with Gasteiger partial charge in [-0.2, -0.15) is 0 Å². The molecule has 8 nitrogen and oxygen atoms in total. The van der Waals surface area contributed by atoms with Crippen LogP contribution in [0.25, 0.3) is 0 Å². The Hall–Kier alpha value is -1.38. The highest BCUT2D eigenvalue weighted by Gasteiger charge is 2.27. The summed E-state index contributed by atoms with van der Waals surface area (Å²) in [6, 6.07) is 0.411. The van der Waals surface area contributed by atoms with Gasteiger partial charge < -0.3 is 25.6 Å². The SMILES string of the molecule is CN(CC(N)=O)CC1CN(C(=O)NCC2CCCN2C)CCO1. The van der Waals surface area contributed by atoms with E-state index in [2.05, 4.69) is 17.3 Å². The zero-order chi connectivity index (χ0) is 16.8. The molecule has 3 amide bonds. The van der Waals surface area contributed by atoms with Crippen LogP contribution in [0.4, 0.5) is 4.79 Å². The summed E-state index contributed by atoms with van der Waals surface area (Å²) in [5.41, 5.74) is 5.18. The fraction of sp³-hybridized carbons (Fsp3) is 0.867. The molecule has 0 aromatic heterocycles. The van der Waals surface area contributed by atoms with Crippen molar-refractivity contribution in [3.63, 3.8) is 0 Å². The van der Waals surface area contributed by atoms with Crippen LogP contribution < -0.4 is 11.1 Å². The van der Waals surface area contributed by atoms with E-state index in [1.165, 1.54) is 6.42 Å². The number of nitrogens with two attached hydrogens (primary N) is 1. The van der Waals surface area contributed by atoms with Crippen molar-refractivity contribution in [3.8, 4) is 0 Å². The molecule has 0 spiro atoms. The number of ether oxygens (including phenoxy) is 1. The summed E-state index contributed by atoms with van der Waals surface area (Å²) in [4.78, 5) is 29.2. The van der Waals surface area contributed by atoms with Gasteiger partial charge in [0.25, 0.3) is 0 Å². The molecule has 2 atom stereocenters. The highest BCUT2D eigenvalue weighted by atomic mass is 16.5. The third-order valence-corrected chi connectivity index (χ3v) is 4.53. The molecule has 0 aliphatic carbocycles. The van der Waals surface area contributed by atoms with E-state index in [-0.39, 0.29) is 24.6 Å². The van der Waals surface area contributed by atoms with Crippen molar-refractivity contribution in [2.45, 2.75) is 25.0 Å². The number of rotatable bonds is 6. The third kappa shape index (κ3) is 5.63. The van der Waals surface area contributed by atoms with Crippen LogP contribution in [0.3, 0.4) is 0 Å². The number of nitrogens with one attached hydrogen (secondary N) is 1. The second kappa shape index (κ2) is 8.47. The van der Waals surface area contributed by atoms with Crippen LogP contribution in [-0.4, -0.2) is 98.8 Å². The van der Waals surface area contributed by atoms with E-state index in [0.717, 1.165) is 13.0 Å². The molecule has 23 heavy (non-hydrogen) atoms. The first-order chi connectivity index (χ1) is 11.0. The number of hydrogen-bond donors (Lipinski definition) is 2. The van der Waals surface area contributed by atoms with Crippen LogP contribution in [-0.2, 0) is 9.53 Å². The molecule has 2 rings (SSSR count). The maximum absolute atomic E-state index is 12.3. The Kier molecular flexibility index (Phi) is 6.61. The monoisotopic (exact) mass is 327 g/mol. The molecule has 2 aliphatic rings. The molecule has 0 radical (unpaired) electrons. The number of morpholine rings is 1. The predicted molar refractivity (Wildman–Crippen MR) is 87.1 cm³/mol. The van der Waals surface area contributed by atoms with Gasteiger partial charge in [-0.05, 0) is 33.5 Å². The van der Waals surface area contributed by atoms with Crippen LogP contribution >= 0.6 is 0 Å². The van der Waals surface area contributed by atoms with Gasteiger partial charge in [0.15, 0.2) is 0 Å². The summed E-state index contributed by atoms with van der Waals surface area (Å²) in [6.45, 7) is 4.23. The maximum Gasteiger partial charge on any atom is 0.317 e. The normalized spacial score (nSPS) is 25.8. The second-order valence-corrected chi connectivity index (χ2v) is 6.56. The van der Waals surface area contributed by atoms with Gasteiger partial charge in [0.2, 0.25) is 5.91 Å². The van der Waals surface area contributed by atoms with Gasteiger partial charge >= 0.3 is 6.03 Å². The van der Waals surface area contributed by atoms with Crippen molar-refractivity contribution < 1.29 is 14.3 Å². The lowest BCUT2D eigenvalue weighted by Crippen LogP contribution is -2.53. The fourth-order valence-corrected chi connectivity index (χ4v) is 3.25. The molecule has 2 aliphatic heterocycles. The van der Waals surface area contributed by atoms with Crippen LogP contribution in [0, 0.1) is 0 Å². The summed E-state index contributed by atoms with van der Waals surface area (Å²) >= 11 is 0. The topological polar surface area (TPSA) is 91.1 Å². The minimum absolute atomic E-state index is 0.0313. The molecule has 2 fully saturated rings. The number of primary amides is 1. The molecule has 2 unspecified atom stereocenters. The summed E-state index contributed by atoms with van der Waals surface area (Å²) < 4.78 is 5.68. The van der Waals surface area contributed by atoms with E-state index in [0.29, 0.717) is 38.8 Å². The average Bonchev–Trinajstić information content (AvgIpc) is 2.89. The van der Waals surface area contributed by atoms with Crippen LogP contribution in [0.2, 0.25) is 0 Å². The van der Waals surface area contributed by atoms with E-state index in [4.69, 9.17) is 10.5 Å².